The quantitative estimate of drug-likeness (QED) is 0.111. The SMILES string of the molecule is CCC(C[Si](C)(C)CC[Si](C)(C)C)[Si](C)(C)COC(=O)OC[Si](C)(C)C(CC)C[Si](C)(C)CC[Si](C)(C)C. The minimum atomic E-state index is -1.70. The third kappa shape index (κ3) is 16.7. The Labute approximate surface area is 246 Å². The molecule has 228 valence electrons. The Kier molecular flexibility index (Phi) is 15.4. The van der Waals surface area contributed by atoms with Gasteiger partial charge in [-0.2, -0.15) is 0 Å². The summed E-state index contributed by atoms with van der Waals surface area (Å²) in [7, 11) is -7.89. The van der Waals surface area contributed by atoms with Crippen LogP contribution in [0.3, 0.4) is 0 Å². The van der Waals surface area contributed by atoms with E-state index < -0.39 is 54.6 Å². The summed E-state index contributed by atoms with van der Waals surface area (Å²) in [6, 6.07) is 8.54. The lowest BCUT2D eigenvalue weighted by Crippen LogP contribution is -2.45. The van der Waals surface area contributed by atoms with Gasteiger partial charge in [-0.1, -0.05) is 155 Å². The number of rotatable bonds is 18. The van der Waals surface area contributed by atoms with Gasteiger partial charge in [0.1, 0.15) is 0 Å². The number of hydrogen-bond acceptors (Lipinski definition) is 3. The second kappa shape index (κ2) is 15.2. The Hall–Kier alpha value is 0.571. The van der Waals surface area contributed by atoms with Crippen LogP contribution in [-0.2, 0) is 9.47 Å². The summed E-state index contributed by atoms with van der Waals surface area (Å²) in [5, 5.41) is 0. The van der Waals surface area contributed by atoms with E-state index in [1.165, 1.54) is 49.1 Å². The van der Waals surface area contributed by atoms with E-state index in [9.17, 15) is 4.79 Å². The first kappa shape index (κ1) is 38.6. The Morgan fingerprint density at radius 2 is 0.816 bits per heavy atom. The summed E-state index contributed by atoms with van der Waals surface area (Å²) >= 11 is 0. The average Bonchev–Trinajstić information content (AvgIpc) is 2.75. The lowest BCUT2D eigenvalue weighted by Gasteiger charge is -2.38. The smallest absolute Gasteiger partial charge is 0.438 e. The molecule has 0 N–H and O–H groups in total. The molecule has 0 saturated carbocycles. The predicted molar refractivity (Wildman–Crippen MR) is 191 cm³/mol. The molecule has 0 aliphatic rings. The first-order valence-corrected chi connectivity index (χ1v) is 36.5. The van der Waals surface area contributed by atoms with E-state index in [1.807, 2.05) is 0 Å². The first-order chi connectivity index (χ1) is 16.8. The third-order valence-corrected chi connectivity index (χ3v) is 28.2. The molecule has 2 unspecified atom stereocenters. The minimum absolute atomic E-state index is 0.415. The van der Waals surface area contributed by atoms with E-state index in [1.54, 1.807) is 0 Å². The van der Waals surface area contributed by atoms with Gasteiger partial charge < -0.3 is 9.47 Å². The topological polar surface area (TPSA) is 35.5 Å². The van der Waals surface area contributed by atoms with Gasteiger partial charge in [-0.05, 0) is 11.1 Å². The van der Waals surface area contributed by atoms with E-state index in [4.69, 9.17) is 9.47 Å². The van der Waals surface area contributed by atoms with Crippen LogP contribution < -0.4 is 0 Å². The molecule has 0 fully saturated rings. The summed E-state index contributed by atoms with van der Waals surface area (Å²) in [5.41, 5.74) is 1.44. The van der Waals surface area contributed by atoms with Crippen molar-refractivity contribution in [3.8, 4) is 0 Å². The van der Waals surface area contributed by atoms with Crippen LogP contribution in [0.15, 0.2) is 0 Å². The molecule has 0 aliphatic carbocycles. The number of carbonyl (C=O) groups excluding carboxylic acids is 1. The van der Waals surface area contributed by atoms with Crippen molar-refractivity contribution >= 4 is 54.6 Å². The standard InChI is InChI=1S/C29H70O3Si6/c1-17-27(23-35(9,10)21-19-33(3,4)5)37(13,14)25-31-29(30)32-26-38(15,16)28(18-2)24-36(11,12)22-20-34(6,7)8/h27-28H,17-26H2,1-16H3. The fourth-order valence-corrected chi connectivity index (χ4v) is 32.1. The molecule has 0 aromatic carbocycles. The molecule has 0 aromatic heterocycles. The molecular weight excluding hydrogens is 565 g/mol. The van der Waals surface area contributed by atoms with E-state index in [-0.39, 0.29) is 0 Å². The molecular formula is C29H70O3Si6. The van der Waals surface area contributed by atoms with E-state index >= 15 is 0 Å². The Morgan fingerprint density at radius 1 is 0.526 bits per heavy atom. The molecule has 0 saturated heterocycles. The van der Waals surface area contributed by atoms with Crippen LogP contribution in [0.25, 0.3) is 0 Å². The Morgan fingerprint density at radius 3 is 1.05 bits per heavy atom. The largest absolute Gasteiger partial charge is 0.507 e. The highest BCUT2D eigenvalue weighted by Gasteiger charge is 2.39. The molecule has 0 bridgehead atoms. The third-order valence-electron chi connectivity index (χ3n) is 9.02. The molecule has 0 amide bonds. The predicted octanol–water partition coefficient (Wildman–Crippen LogP) is 11.3. The summed E-state index contributed by atoms with van der Waals surface area (Å²) in [6.45, 7) is 39.7. The molecule has 9 heteroatoms. The molecule has 0 spiro atoms. The number of hydrogen-bond donors (Lipinski definition) is 0. The van der Waals surface area contributed by atoms with E-state index in [2.05, 4.69) is 106 Å². The zero-order chi connectivity index (χ0) is 30.2. The molecule has 2 atom stereocenters. The normalized spacial score (nSPS) is 15.8. The molecule has 0 rings (SSSR count). The average molecular weight is 635 g/mol. The summed E-state index contributed by atoms with van der Waals surface area (Å²) < 4.78 is 11.7. The molecule has 0 aromatic rings. The number of ether oxygens (including phenoxy) is 2. The van der Waals surface area contributed by atoms with Gasteiger partial charge in [0.15, 0.2) is 0 Å². The second-order valence-corrected chi connectivity index (χ2v) is 49.8. The van der Waals surface area contributed by atoms with Crippen molar-refractivity contribution in [2.75, 3.05) is 12.5 Å². The molecule has 0 heterocycles. The highest BCUT2D eigenvalue weighted by atomic mass is 28.3. The van der Waals surface area contributed by atoms with Gasteiger partial charge in [0, 0.05) is 32.3 Å². The van der Waals surface area contributed by atoms with E-state index in [0.29, 0.717) is 12.5 Å². The molecule has 38 heavy (non-hydrogen) atoms. The van der Waals surface area contributed by atoms with Crippen LogP contribution in [0, 0.1) is 0 Å². The maximum absolute atomic E-state index is 12.8. The van der Waals surface area contributed by atoms with Crippen molar-refractivity contribution in [1.82, 2.24) is 0 Å². The van der Waals surface area contributed by atoms with Crippen LogP contribution in [0.5, 0.6) is 0 Å². The Bertz CT molecular complexity index is 650. The fraction of sp³-hybridized carbons (Fsp3) is 0.966. The zero-order valence-corrected chi connectivity index (χ0v) is 35.0. The van der Waals surface area contributed by atoms with E-state index in [0.717, 1.165) is 11.1 Å². The van der Waals surface area contributed by atoms with Crippen molar-refractivity contribution in [2.24, 2.45) is 0 Å². The van der Waals surface area contributed by atoms with Crippen LogP contribution in [0.2, 0.25) is 139 Å². The van der Waals surface area contributed by atoms with Gasteiger partial charge in [-0.15, -0.1) is 0 Å². The molecule has 0 aliphatic heterocycles. The highest BCUT2D eigenvalue weighted by molar-refractivity contribution is 6.86. The lowest BCUT2D eigenvalue weighted by atomic mass is 10.4. The zero-order valence-electron chi connectivity index (χ0n) is 29.0. The minimum Gasteiger partial charge on any atom is -0.438 e. The fourth-order valence-electron chi connectivity index (χ4n) is 5.68. The maximum atomic E-state index is 12.8. The first-order valence-electron chi connectivity index (χ1n) is 15.6. The second-order valence-electron chi connectivity index (χ2n) is 17.9. The maximum Gasteiger partial charge on any atom is 0.507 e. The van der Waals surface area contributed by atoms with Crippen molar-refractivity contribution in [2.45, 2.75) is 166 Å². The monoisotopic (exact) mass is 634 g/mol. The van der Waals surface area contributed by atoms with Gasteiger partial charge in [-0.3, -0.25) is 0 Å². The Balaban J connectivity index is 4.98. The van der Waals surface area contributed by atoms with Gasteiger partial charge in [-0.25, -0.2) is 4.79 Å². The van der Waals surface area contributed by atoms with Gasteiger partial charge >= 0.3 is 6.16 Å². The summed E-state index contributed by atoms with van der Waals surface area (Å²) in [5.74, 6) is 0. The van der Waals surface area contributed by atoms with Crippen molar-refractivity contribution in [1.29, 1.82) is 0 Å². The van der Waals surface area contributed by atoms with Crippen LogP contribution in [0.1, 0.15) is 26.7 Å². The van der Waals surface area contributed by atoms with Crippen LogP contribution >= 0.6 is 0 Å². The molecule has 3 nitrogen and oxygen atoms in total. The highest BCUT2D eigenvalue weighted by Crippen LogP contribution is 2.38. The number of carbonyl (C=O) groups is 1. The molecule has 0 radical (unpaired) electrons. The van der Waals surface area contributed by atoms with Crippen molar-refractivity contribution in [3.63, 3.8) is 0 Å². The summed E-state index contributed by atoms with van der Waals surface area (Å²) in [4.78, 5) is 12.8. The van der Waals surface area contributed by atoms with Crippen LogP contribution in [0.4, 0.5) is 4.79 Å². The van der Waals surface area contributed by atoms with Gasteiger partial charge in [0.25, 0.3) is 0 Å². The lowest BCUT2D eigenvalue weighted by molar-refractivity contribution is 0.0772. The van der Waals surface area contributed by atoms with Crippen molar-refractivity contribution in [3.05, 3.63) is 0 Å². The van der Waals surface area contributed by atoms with Gasteiger partial charge in [0.05, 0.1) is 28.6 Å². The van der Waals surface area contributed by atoms with Gasteiger partial charge in [0.2, 0.25) is 0 Å². The van der Waals surface area contributed by atoms with Crippen molar-refractivity contribution < 1.29 is 14.3 Å². The summed E-state index contributed by atoms with van der Waals surface area (Å²) in [6.07, 6.45) is 3.19. The van der Waals surface area contributed by atoms with Crippen LogP contribution in [-0.4, -0.2) is 67.1 Å².